The minimum atomic E-state index is -1.78. The summed E-state index contributed by atoms with van der Waals surface area (Å²) in [6.45, 7) is 0. The fourth-order valence-electron chi connectivity index (χ4n) is 3.66. The number of anilines is 1. The van der Waals surface area contributed by atoms with Gasteiger partial charge in [-0.3, -0.25) is 9.69 Å². The van der Waals surface area contributed by atoms with Crippen LogP contribution in [0.25, 0.3) is 11.0 Å². The summed E-state index contributed by atoms with van der Waals surface area (Å²) in [5.74, 6) is -0.886. The molecular weight excluding hydrogens is 345 g/mol. The van der Waals surface area contributed by atoms with Crippen LogP contribution in [0, 0.1) is 12.1 Å². The second kappa shape index (κ2) is 5.49. The Hall–Kier alpha value is -3.51. The van der Waals surface area contributed by atoms with Crippen LogP contribution >= 0.6 is 0 Å². The van der Waals surface area contributed by atoms with Crippen LogP contribution in [-0.4, -0.2) is 21.0 Å². The number of amides is 1. The molecule has 1 amide bonds. The van der Waals surface area contributed by atoms with E-state index in [9.17, 15) is 14.3 Å². The van der Waals surface area contributed by atoms with Gasteiger partial charge in [0.15, 0.2) is 12.1 Å². The Balaban J connectivity index is 1.80. The zero-order chi connectivity index (χ0) is 18.6. The topological polar surface area (TPSA) is 69.2 Å². The van der Waals surface area contributed by atoms with Gasteiger partial charge in [-0.05, 0) is 36.4 Å². The lowest BCUT2D eigenvalue weighted by Crippen LogP contribution is -2.45. The predicted molar refractivity (Wildman–Crippen MR) is 97.6 cm³/mol. The molecule has 6 heteroatoms. The molecule has 2 heterocycles. The first-order chi connectivity index (χ1) is 13.1. The van der Waals surface area contributed by atoms with Crippen molar-refractivity contribution >= 4 is 22.6 Å². The van der Waals surface area contributed by atoms with Crippen molar-refractivity contribution in [1.29, 1.82) is 0 Å². The Bertz CT molecular complexity index is 1200. The monoisotopic (exact) mass is 358 g/mol. The molecule has 0 bridgehead atoms. The second-order valence-electron chi connectivity index (χ2n) is 6.42. The average Bonchev–Trinajstić information content (AvgIpc) is 3.23. The van der Waals surface area contributed by atoms with Crippen molar-refractivity contribution in [3.63, 3.8) is 0 Å². The summed E-state index contributed by atoms with van der Waals surface area (Å²) >= 11 is 0. The first-order valence-electron chi connectivity index (χ1n) is 8.37. The molecule has 1 aliphatic heterocycles. The number of benzene rings is 3. The number of halogens is 1. The molecule has 4 aromatic rings. The van der Waals surface area contributed by atoms with Gasteiger partial charge in [0.2, 0.25) is 0 Å². The number of rotatable bonds is 2. The van der Waals surface area contributed by atoms with E-state index in [4.69, 9.17) is 0 Å². The smallest absolute Gasteiger partial charge is 0.261 e. The van der Waals surface area contributed by atoms with Crippen LogP contribution in [0.15, 0.2) is 66.7 Å². The van der Waals surface area contributed by atoms with Crippen molar-refractivity contribution in [2.75, 3.05) is 4.90 Å². The summed E-state index contributed by atoms with van der Waals surface area (Å²) in [6.07, 6.45) is 2.66. The third-order valence-corrected chi connectivity index (χ3v) is 4.89. The van der Waals surface area contributed by atoms with Crippen LogP contribution in [0.2, 0.25) is 0 Å². The predicted octanol–water partition coefficient (Wildman–Crippen LogP) is 3.36. The first kappa shape index (κ1) is 15.7. The molecule has 3 aromatic carbocycles. The molecule has 0 saturated heterocycles. The quantitative estimate of drug-likeness (QED) is 0.577. The number of nitrogens with zero attached hydrogens (tertiary/aromatic N) is 2. The van der Waals surface area contributed by atoms with Crippen molar-refractivity contribution < 1.29 is 14.3 Å². The molecule has 1 atom stereocenters. The molecule has 1 unspecified atom stereocenters. The third-order valence-electron chi connectivity index (χ3n) is 4.89. The van der Waals surface area contributed by atoms with E-state index in [1.54, 1.807) is 48.5 Å². The van der Waals surface area contributed by atoms with E-state index >= 15 is 0 Å². The average molecular weight is 358 g/mol. The summed E-state index contributed by atoms with van der Waals surface area (Å²) in [5.41, 5.74) is 1.13. The number of aromatic amines is 1. The van der Waals surface area contributed by atoms with Crippen molar-refractivity contribution in [1.82, 2.24) is 9.97 Å². The summed E-state index contributed by atoms with van der Waals surface area (Å²) < 4.78 is 13.9. The van der Waals surface area contributed by atoms with Crippen LogP contribution in [0.5, 0.6) is 0 Å². The van der Waals surface area contributed by atoms with E-state index in [1.165, 1.54) is 23.1 Å². The number of carbonyl (C=O) groups is 1. The highest BCUT2D eigenvalue weighted by molar-refractivity contribution is 6.12. The van der Waals surface area contributed by atoms with Crippen molar-refractivity contribution in [2.24, 2.45) is 0 Å². The zero-order valence-electron chi connectivity index (χ0n) is 14.0. The highest BCUT2D eigenvalue weighted by atomic mass is 19.1. The zero-order valence-corrected chi connectivity index (χ0v) is 14.0. The van der Waals surface area contributed by atoms with Crippen LogP contribution in [0.3, 0.4) is 0 Å². The number of aromatic nitrogens is 2. The van der Waals surface area contributed by atoms with E-state index in [1.807, 2.05) is 0 Å². The number of H-pyrrole nitrogens is 1. The minimum absolute atomic E-state index is 0.271. The Morgan fingerprint density at radius 1 is 1.07 bits per heavy atom. The molecule has 1 aromatic heterocycles. The maximum atomic E-state index is 13.9. The Labute approximate surface area is 153 Å². The van der Waals surface area contributed by atoms with Gasteiger partial charge in [-0.1, -0.05) is 30.3 Å². The molecule has 1 radical (unpaired) electrons. The number of aliphatic hydroxyl groups is 1. The van der Waals surface area contributed by atoms with E-state index in [0.29, 0.717) is 22.2 Å². The maximum Gasteiger partial charge on any atom is 0.261 e. The lowest BCUT2D eigenvalue weighted by atomic mass is 9.93. The standard InChI is InChI=1S/C21H13FN3O2/c22-14-4-3-5-15(11-14)25-20(26)16-6-1-2-7-17(16)21(25,27)13-8-9-18-19(10-13)24-12-23-18/h1-11,27H,(H,23,24). The summed E-state index contributed by atoms with van der Waals surface area (Å²) in [4.78, 5) is 21.3. The van der Waals surface area contributed by atoms with Crippen LogP contribution in [0.1, 0.15) is 21.5 Å². The van der Waals surface area contributed by atoms with Gasteiger partial charge in [-0.2, -0.15) is 0 Å². The molecule has 27 heavy (non-hydrogen) atoms. The van der Waals surface area contributed by atoms with Crippen LogP contribution < -0.4 is 4.90 Å². The number of fused-ring (bicyclic) bond motifs is 2. The molecule has 0 aliphatic carbocycles. The van der Waals surface area contributed by atoms with Gasteiger partial charge in [0.25, 0.3) is 5.91 Å². The molecule has 0 fully saturated rings. The van der Waals surface area contributed by atoms with Crippen LogP contribution in [-0.2, 0) is 5.72 Å². The van der Waals surface area contributed by atoms with Gasteiger partial charge in [0, 0.05) is 16.7 Å². The molecule has 0 saturated carbocycles. The maximum absolute atomic E-state index is 13.9. The summed E-state index contributed by atoms with van der Waals surface area (Å²) in [5, 5.41) is 11.8. The molecule has 5 nitrogen and oxygen atoms in total. The fourth-order valence-corrected chi connectivity index (χ4v) is 3.66. The molecular formula is C21H13FN3O2. The SMILES string of the molecule is O=C1c2ccccc2C(O)(c2ccc3[nH][c]nc3c2)N1c1cccc(F)c1. The Kier molecular flexibility index (Phi) is 3.20. The van der Waals surface area contributed by atoms with E-state index in [-0.39, 0.29) is 5.69 Å². The molecule has 0 spiro atoms. The van der Waals surface area contributed by atoms with Gasteiger partial charge >= 0.3 is 0 Å². The van der Waals surface area contributed by atoms with Gasteiger partial charge < -0.3 is 10.1 Å². The van der Waals surface area contributed by atoms with Crippen molar-refractivity contribution in [3.8, 4) is 0 Å². The highest BCUT2D eigenvalue weighted by Crippen LogP contribution is 2.45. The molecule has 2 N–H and O–H groups in total. The fraction of sp³-hybridized carbons (Fsp3) is 0.0476. The molecule has 1 aliphatic rings. The highest BCUT2D eigenvalue weighted by Gasteiger charge is 2.50. The number of carbonyl (C=O) groups excluding carboxylic acids is 1. The number of nitrogens with one attached hydrogen (secondary N) is 1. The minimum Gasteiger partial charge on any atom is -0.363 e. The largest absolute Gasteiger partial charge is 0.363 e. The van der Waals surface area contributed by atoms with Crippen molar-refractivity contribution in [3.05, 3.63) is 95.6 Å². The number of hydrogen-bond donors (Lipinski definition) is 2. The Morgan fingerprint density at radius 2 is 1.93 bits per heavy atom. The van der Waals surface area contributed by atoms with Gasteiger partial charge in [0.1, 0.15) is 5.82 Å². The second-order valence-corrected chi connectivity index (χ2v) is 6.42. The third kappa shape index (κ3) is 2.14. The normalized spacial score (nSPS) is 18.9. The lowest BCUT2D eigenvalue weighted by Gasteiger charge is -2.34. The Morgan fingerprint density at radius 3 is 2.78 bits per heavy atom. The summed E-state index contributed by atoms with van der Waals surface area (Å²) in [7, 11) is 0. The number of hydrogen-bond acceptors (Lipinski definition) is 3. The van der Waals surface area contributed by atoms with Gasteiger partial charge in [-0.15, -0.1) is 0 Å². The summed E-state index contributed by atoms with van der Waals surface area (Å²) in [6, 6.07) is 17.7. The van der Waals surface area contributed by atoms with Crippen LogP contribution in [0.4, 0.5) is 10.1 Å². The molecule has 5 rings (SSSR count). The van der Waals surface area contributed by atoms with E-state index in [0.717, 1.165) is 5.52 Å². The first-order valence-corrected chi connectivity index (χ1v) is 8.37. The van der Waals surface area contributed by atoms with E-state index < -0.39 is 17.4 Å². The van der Waals surface area contributed by atoms with Gasteiger partial charge in [-0.25, -0.2) is 9.37 Å². The van der Waals surface area contributed by atoms with Crippen molar-refractivity contribution in [2.45, 2.75) is 5.72 Å². The van der Waals surface area contributed by atoms with Gasteiger partial charge in [0.05, 0.1) is 16.7 Å². The lowest BCUT2D eigenvalue weighted by molar-refractivity contribution is 0.0704. The number of imidazole rings is 1. The van der Waals surface area contributed by atoms with E-state index in [2.05, 4.69) is 16.3 Å². The molecule has 131 valence electrons.